The van der Waals surface area contributed by atoms with Gasteiger partial charge in [-0.25, -0.2) is 0 Å². The molecule has 0 heterocycles. The van der Waals surface area contributed by atoms with Gasteiger partial charge in [-0.15, -0.1) is 0 Å². The molecular weight excluding hydrogens is 232 g/mol. The quantitative estimate of drug-likeness (QED) is 0.793. The van der Waals surface area contributed by atoms with Crippen molar-refractivity contribution >= 4 is 17.6 Å². The Balaban J connectivity index is 1.87. The second-order valence-electron chi connectivity index (χ2n) is 4.37. The maximum Gasteiger partial charge on any atom is 0.323 e. The van der Waals surface area contributed by atoms with Gasteiger partial charge in [0.25, 0.3) is 0 Å². The molecule has 1 amide bonds. The normalized spacial score (nSPS) is 14.0. The zero-order valence-corrected chi connectivity index (χ0v) is 10.0. The topological polar surface area (TPSA) is 69.6 Å². The second kappa shape index (κ2) is 5.53. The van der Waals surface area contributed by atoms with Crippen LogP contribution in [-0.4, -0.2) is 41.0 Å². The summed E-state index contributed by atoms with van der Waals surface area (Å²) in [6.07, 6.45) is 1.81. The summed E-state index contributed by atoms with van der Waals surface area (Å²) in [6.45, 7) is -0.0756. The average molecular weight is 248 g/mol. The van der Waals surface area contributed by atoms with E-state index in [9.17, 15) is 9.59 Å². The number of amides is 1. The molecule has 1 saturated carbocycles. The zero-order chi connectivity index (χ0) is 13.0. The van der Waals surface area contributed by atoms with Gasteiger partial charge in [-0.1, -0.05) is 18.2 Å². The fourth-order valence-corrected chi connectivity index (χ4v) is 1.79. The monoisotopic (exact) mass is 248 g/mol. The molecule has 1 aromatic rings. The van der Waals surface area contributed by atoms with Crippen molar-refractivity contribution < 1.29 is 14.7 Å². The van der Waals surface area contributed by atoms with Crippen LogP contribution in [-0.2, 0) is 9.59 Å². The Kier molecular flexibility index (Phi) is 3.82. The molecule has 0 radical (unpaired) electrons. The SMILES string of the molecule is O=C(O)CN(C(=O)CNc1ccccc1)C1CC1. The van der Waals surface area contributed by atoms with Gasteiger partial charge >= 0.3 is 5.97 Å². The summed E-state index contributed by atoms with van der Waals surface area (Å²) < 4.78 is 0. The van der Waals surface area contributed by atoms with Crippen LogP contribution in [0.2, 0.25) is 0 Å². The van der Waals surface area contributed by atoms with Gasteiger partial charge in [0.15, 0.2) is 0 Å². The van der Waals surface area contributed by atoms with Crippen molar-refractivity contribution in [2.45, 2.75) is 18.9 Å². The molecule has 1 aliphatic carbocycles. The average Bonchev–Trinajstić information content (AvgIpc) is 3.18. The first-order chi connectivity index (χ1) is 8.66. The maximum atomic E-state index is 11.9. The molecule has 5 heteroatoms. The number of carboxylic acid groups (broad SMARTS) is 1. The van der Waals surface area contributed by atoms with Gasteiger partial charge in [0.05, 0.1) is 6.54 Å². The van der Waals surface area contributed by atoms with E-state index in [4.69, 9.17) is 5.11 Å². The highest BCUT2D eigenvalue weighted by Gasteiger charge is 2.33. The number of para-hydroxylation sites is 1. The Morgan fingerprint density at radius 2 is 1.94 bits per heavy atom. The van der Waals surface area contributed by atoms with Crippen molar-refractivity contribution in [1.82, 2.24) is 4.90 Å². The van der Waals surface area contributed by atoms with Gasteiger partial charge in [-0.3, -0.25) is 9.59 Å². The van der Waals surface area contributed by atoms with Crippen LogP contribution in [0.4, 0.5) is 5.69 Å². The number of carbonyl (C=O) groups is 2. The number of carboxylic acids is 1. The Bertz CT molecular complexity index is 429. The predicted molar refractivity (Wildman–Crippen MR) is 67.3 cm³/mol. The predicted octanol–water partition coefficient (Wildman–Crippen LogP) is 1.17. The van der Waals surface area contributed by atoms with E-state index in [0.717, 1.165) is 18.5 Å². The Morgan fingerprint density at radius 3 is 2.50 bits per heavy atom. The van der Waals surface area contributed by atoms with E-state index in [1.165, 1.54) is 4.90 Å². The molecule has 0 spiro atoms. The molecule has 0 aromatic heterocycles. The third kappa shape index (κ3) is 3.48. The van der Waals surface area contributed by atoms with Crippen molar-refractivity contribution in [2.24, 2.45) is 0 Å². The van der Waals surface area contributed by atoms with Crippen molar-refractivity contribution in [3.63, 3.8) is 0 Å². The highest BCUT2D eigenvalue weighted by Crippen LogP contribution is 2.26. The lowest BCUT2D eigenvalue weighted by atomic mass is 10.3. The Labute approximate surface area is 105 Å². The van der Waals surface area contributed by atoms with Gasteiger partial charge in [0.2, 0.25) is 5.91 Å². The lowest BCUT2D eigenvalue weighted by Crippen LogP contribution is -2.40. The van der Waals surface area contributed by atoms with Gasteiger partial charge in [0.1, 0.15) is 6.54 Å². The third-order valence-electron chi connectivity index (χ3n) is 2.83. The molecule has 0 bridgehead atoms. The molecule has 2 N–H and O–H groups in total. The van der Waals surface area contributed by atoms with Gasteiger partial charge < -0.3 is 15.3 Å². The molecule has 0 atom stereocenters. The molecule has 18 heavy (non-hydrogen) atoms. The van der Waals surface area contributed by atoms with E-state index < -0.39 is 5.97 Å². The number of aliphatic carboxylic acids is 1. The minimum Gasteiger partial charge on any atom is -0.480 e. The Hall–Kier alpha value is -2.04. The minimum atomic E-state index is -0.963. The van der Waals surface area contributed by atoms with Crippen LogP contribution < -0.4 is 5.32 Å². The highest BCUT2D eigenvalue weighted by molar-refractivity contribution is 5.85. The van der Waals surface area contributed by atoms with Crippen LogP contribution >= 0.6 is 0 Å². The summed E-state index contributed by atoms with van der Waals surface area (Å²) >= 11 is 0. The van der Waals surface area contributed by atoms with Gasteiger partial charge in [-0.2, -0.15) is 0 Å². The molecular formula is C13H16N2O3. The first-order valence-electron chi connectivity index (χ1n) is 5.97. The molecule has 2 rings (SSSR count). The highest BCUT2D eigenvalue weighted by atomic mass is 16.4. The van der Waals surface area contributed by atoms with E-state index >= 15 is 0 Å². The summed E-state index contributed by atoms with van der Waals surface area (Å²) in [5, 5.41) is 11.8. The van der Waals surface area contributed by atoms with E-state index in [1.54, 1.807) is 0 Å². The van der Waals surface area contributed by atoms with Crippen LogP contribution in [0.25, 0.3) is 0 Å². The minimum absolute atomic E-state index is 0.117. The van der Waals surface area contributed by atoms with Gasteiger partial charge in [0, 0.05) is 11.7 Å². The van der Waals surface area contributed by atoms with Gasteiger partial charge in [-0.05, 0) is 25.0 Å². The van der Waals surface area contributed by atoms with Crippen molar-refractivity contribution in [3.05, 3.63) is 30.3 Å². The number of nitrogens with one attached hydrogen (secondary N) is 1. The molecule has 1 fully saturated rings. The number of benzene rings is 1. The summed E-state index contributed by atoms with van der Waals surface area (Å²) in [5.74, 6) is -1.13. The maximum absolute atomic E-state index is 11.9. The van der Waals surface area contributed by atoms with Crippen LogP contribution in [0.3, 0.4) is 0 Å². The number of anilines is 1. The molecule has 96 valence electrons. The van der Waals surface area contributed by atoms with Crippen LogP contribution in [0.5, 0.6) is 0 Å². The smallest absolute Gasteiger partial charge is 0.323 e. The largest absolute Gasteiger partial charge is 0.480 e. The van der Waals surface area contributed by atoms with Crippen LogP contribution in [0.15, 0.2) is 30.3 Å². The fraction of sp³-hybridized carbons (Fsp3) is 0.385. The van der Waals surface area contributed by atoms with Crippen molar-refractivity contribution in [2.75, 3.05) is 18.4 Å². The van der Waals surface area contributed by atoms with Crippen LogP contribution in [0.1, 0.15) is 12.8 Å². The van der Waals surface area contributed by atoms with Crippen molar-refractivity contribution in [3.8, 4) is 0 Å². The first kappa shape index (κ1) is 12.4. The lowest BCUT2D eigenvalue weighted by molar-refractivity contribution is -0.144. The molecule has 1 aromatic carbocycles. The van der Waals surface area contributed by atoms with Crippen molar-refractivity contribution in [1.29, 1.82) is 0 Å². The number of carbonyl (C=O) groups excluding carboxylic acids is 1. The first-order valence-corrected chi connectivity index (χ1v) is 5.97. The second-order valence-corrected chi connectivity index (χ2v) is 4.37. The molecule has 0 unspecified atom stereocenters. The third-order valence-corrected chi connectivity index (χ3v) is 2.83. The van der Waals surface area contributed by atoms with E-state index in [0.29, 0.717) is 0 Å². The van der Waals surface area contributed by atoms with E-state index in [1.807, 2.05) is 30.3 Å². The van der Waals surface area contributed by atoms with E-state index in [2.05, 4.69) is 5.32 Å². The molecule has 1 aliphatic rings. The molecule has 0 saturated heterocycles. The number of nitrogens with zero attached hydrogens (tertiary/aromatic N) is 1. The summed E-state index contributed by atoms with van der Waals surface area (Å²) in [6, 6.07) is 9.50. The number of rotatable bonds is 6. The fourth-order valence-electron chi connectivity index (χ4n) is 1.79. The molecule has 5 nitrogen and oxygen atoms in total. The standard InChI is InChI=1S/C13H16N2O3/c16-12(8-14-10-4-2-1-3-5-10)15(9-13(17)18)11-6-7-11/h1-5,11,14H,6-9H2,(H,17,18). The molecule has 0 aliphatic heterocycles. The van der Waals surface area contributed by atoms with E-state index in [-0.39, 0.29) is 25.0 Å². The lowest BCUT2D eigenvalue weighted by Gasteiger charge is -2.20. The number of hydrogen-bond acceptors (Lipinski definition) is 3. The summed E-state index contributed by atoms with van der Waals surface area (Å²) in [4.78, 5) is 24.1. The number of hydrogen-bond donors (Lipinski definition) is 2. The van der Waals surface area contributed by atoms with Crippen LogP contribution in [0, 0.1) is 0 Å². The Morgan fingerprint density at radius 1 is 1.28 bits per heavy atom. The summed E-state index contributed by atoms with van der Waals surface area (Å²) in [5.41, 5.74) is 0.858. The summed E-state index contributed by atoms with van der Waals surface area (Å²) in [7, 11) is 0. The zero-order valence-electron chi connectivity index (χ0n) is 10.0.